The number of halogens is 7. The van der Waals surface area contributed by atoms with Gasteiger partial charge in [0.1, 0.15) is 48.3 Å². The molecule has 115 heavy (non-hydrogen) atoms. The van der Waals surface area contributed by atoms with Crippen LogP contribution in [0.15, 0.2) is 192 Å². The van der Waals surface area contributed by atoms with Gasteiger partial charge in [0.05, 0.1) is 48.7 Å². The third-order valence-electron chi connectivity index (χ3n) is 20.5. The number of nitrogens with one attached hydrogen (secondary N) is 3. The van der Waals surface area contributed by atoms with Crippen molar-refractivity contribution >= 4 is 75.5 Å². The molecule has 37 heteroatoms. The number of carbonyl (C=O) groups is 2. The van der Waals surface area contributed by atoms with Gasteiger partial charge in [-0.05, 0) is 95.2 Å². The number of nitrogens with zero attached hydrogens (tertiary/aromatic N) is 10. The number of imidazole rings is 2. The van der Waals surface area contributed by atoms with Gasteiger partial charge in [0.15, 0.2) is 46.4 Å². The number of carbonyl (C=O) groups excluding carboxylic acids is 2. The molecular weight excluding hydrogens is 1570 g/mol. The van der Waals surface area contributed by atoms with Gasteiger partial charge in [0.2, 0.25) is 10.0 Å². The van der Waals surface area contributed by atoms with Crippen molar-refractivity contribution < 1.29 is 92.1 Å². The molecule has 8 atom stereocenters. The first-order chi connectivity index (χ1) is 55.0. The summed E-state index contributed by atoms with van der Waals surface area (Å²) in [6.07, 6.45) is -13.7. The maximum absolute atomic E-state index is 13.5. The van der Waals surface area contributed by atoms with Gasteiger partial charge in [-0.25, -0.2) is 51.5 Å². The van der Waals surface area contributed by atoms with Gasteiger partial charge < -0.3 is 65.5 Å². The Labute approximate surface area is 662 Å². The summed E-state index contributed by atoms with van der Waals surface area (Å²) in [6, 6.07) is 52.4. The van der Waals surface area contributed by atoms with Gasteiger partial charge >= 0.3 is 24.2 Å². The maximum atomic E-state index is 13.5. The smallest absolute Gasteiger partial charge is 0.387 e. The number of amides is 2. The number of hydrogen-bond acceptors (Lipinski definition) is 23. The fraction of sp³-hybridized carbons (Fsp3) is 0.385. The first kappa shape index (κ1) is 84.7. The van der Waals surface area contributed by atoms with E-state index in [0.29, 0.717) is 72.9 Å². The summed E-state index contributed by atoms with van der Waals surface area (Å²) in [5, 5.41) is 49.5. The SMILES string of the molecule is COC[C@H]1O[C@@H](n2cnc3c(NCC(c4ccccc4)c4ccccc4)nc(CN)nc32)[C@H](O)[C@@H]1O.COC[C@H]1O[C@@H](n2cnc3c(NCC(c4ccccc4)c4ccccc4)nc(CNS(=O)(=O)c4ccc(C5CCN(C(=O)C(F)(F)F)CC5)cc4)nc32)[C@H](O)[C@@H]1O.O=C(N1CCC(c2ccc(S(=O)(=O)Cl)cc2)CC1)C(F)(F)F. The van der Waals surface area contributed by atoms with Gasteiger partial charge in [-0.3, -0.25) is 18.7 Å². The summed E-state index contributed by atoms with van der Waals surface area (Å²) < 4.78 is 153. The average Bonchev–Trinajstić information content (AvgIpc) is 1.62. The van der Waals surface area contributed by atoms with E-state index in [0.717, 1.165) is 32.1 Å². The summed E-state index contributed by atoms with van der Waals surface area (Å²) in [7, 11) is 0.276. The Morgan fingerprint density at radius 3 is 1.21 bits per heavy atom. The Bertz CT molecular complexity index is 5070. The molecule has 14 rings (SSSR count). The minimum Gasteiger partial charge on any atom is -0.387 e. The molecule has 4 fully saturated rings. The van der Waals surface area contributed by atoms with Crippen molar-refractivity contribution in [2.75, 3.05) is 77.3 Å². The molecule has 0 unspecified atom stereocenters. The molecule has 0 bridgehead atoms. The molecule has 4 aliphatic heterocycles. The number of piperidine rings is 2. The molecule has 2 amide bonds. The van der Waals surface area contributed by atoms with Crippen LogP contribution >= 0.6 is 10.7 Å². The third-order valence-corrected chi connectivity index (χ3v) is 23.3. The standard InChI is InChI=1S/C39H42F3N7O7S.C26H30N6O4.C13H13ClF3NO3S/c1-55-22-30-33(50)34(51)37(56-30)49-23-44-32-35(43-20-29(26-8-4-2-5-9-26)27-10-6-3-7-11-27)46-31(47-36(32)49)21-45-57(53,54)28-14-12-24(13-15-28)25-16-18-48(19-17-25)38(52)39(40,41)42;1-35-14-19-22(33)23(34)26(36-19)32-15-29-21-24(30-20(12-27)31-25(21)32)28-13-18(16-8-4-2-5-9-16)17-10-6-3-7-11-17;14-22(20,21)11-3-1-9(2-4-11)10-5-7-18(8-6-10)12(19)13(15,16)17/h2-15,23,25,29-30,33-34,37,45,50-51H,16-22H2,1H3,(H,43,46,47);2-11,15,18-19,22-23,26,33-34H,12-14,27H2,1H3,(H,28,30,31);1-4,10H,5-8H2/t30-,33-,34-,37-;19-,22-,23-,26-;/m11./s1. The van der Waals surface area contributed by atoms with Crippen molar-refractivity contribution in [3.8, 4) is 0 Å². The molecule has 4 saturated heterocycles. The number of methoxy groups -OCH3 is 2. The van der Waals surface area contributed by atoms with Gasteiger partial charge in [-0.2, -0.15) is 26.3 Å². The van der Waals surface area contributed by atoms with Crippen molar-refractivity contribution in [2.45, 2.75) is 134 Å². The Kier molecular flexibility index (Phi) is 27.3. The zero-order valence-corrected chi connectivity index (χ0v) is 64.4. The number of ether oxygens (including phenoxy) is 4. The van der Waals surface area contributed by atoms with Crippen molar-refractivity contribution in [3.05, 3.63) is 228 Å². The first-order valence-corrected chi connectivity index (χ1v) is 40.5. The Hall–Kier alpha value is -9.67. The van der Waals surface area contributed by atoms with E-state index in [4.69, 9.17) is 35.4 Å². The van der Waals surface area contributed by atoms with E-state index in [2.05, 4.69) is 69.5 Å². The summed E-state index contributed by atoms with van der Waals surface area (Å²) >= 11 is 0. The van der Waals surface area contributed by atoms with Crippen LogP contribution in [0.1, 0.15) is 107 Å². The molecule has 0 spiro atoms. The highest BCUT2D eigenvalue weighted by molar-refractivity contribution is 8.13. The second-order valence-corrected chi connectivity index (χ2v) is 32.2. The number of aliphatic hydroxyl groups is 4. The number of fused-ring (bicyclic) bond motifs is 2. The minimum atomic E-state index is -4.93. The van der Waals surface area contributed by atoms with Crippen LogP contribution in [0.3, 0.4) is 0 Å². The van der Waals surface area contributed by atoms with Crippen LogP contribution < -0.4 is 21.1 Å². The van der Waals surface area contributed by atoms with E-state index in [9.17, 15) is 73.2 Å². The Morgan fingerprint density at radius 2 is 0.870 bits per heavy atom. The largest absolute Gasteiger partial charge is 0.471 e. The number of benzene rings is 6. The van der Waals surface area contributed by atoms with E-state index >= 15 is 0 Å². The highest BCUT2D eigenvalue weighted by atomic mass is 35.7. The molecule has 0 radical (unpaired) electrons. The topological polar surface area (TPSA) is 376 Å². The second-order valence-electron chi connectivity index (χ2n) is 27.9. The van der Waals surface area contributed by atoms with Crippen LogP contribution in [0.2, 0.25) is 0 Å². The van der Waals surface area contributed by atoms with E-state index in [1.165, 1.54) is 66.8 Å². The number of likely N-dealkylation sites (tertiary alicyclic amines) is 2. The molecule has 4 aromatic heterocycles. The van der Waals surface area contributed by atoms with Crippen molar-refractivity contribution in [2.24, 2.45) is 5.73 Å². The number of aliphatic hydroxyl groups excluding tert-OH is 4. The summed E-state index contributed by atoms with van der Waals surface area (Å²) in [5.74, 6) is -2.51. The lowest BCUT2D eigenvalue weighted by molar-refractivity contribution is -0.186. The molecule has 4 aliphatic rings. The van der Waals surface area contributed by atoms with E-state index in [-0.39, 0.29) is 97.4 Å². The summed E-state index contributed by atoms with van der Waals surface area (Å²) in [4.78, 5) is 51.8. The zero-order chi connectivity index (χ0) is 81.9. The Morgan fingerprint density at radius 1 is 0.522 bits per heavy atom. The average molecular weight is 1660 g/mol. The molecule has 0 aliphatic carbocycles. The third kappa shape index (κ3) is 20.2. The molecular formula is C78H85ClF6N14O14S2. The molecule has 0 saturated carbocycles. The number of anilines is 2. The van der Waals surface area contributed by atoms with Crippen LogP contribution in [0.25, 0.3) is 22.3 Å². The molecule has 8 heterocycles. The van der Waals surface area contributed by atoms with Crippen LogP contribution in [-0.4, -0.2) is 214 Å². The lowest BCUT2D eigenvalue weighted by Gasteiger charge is -2.32. The quantitative estimate of drug-likeness (QED) is 0.0207. The predicted octanol–water partition coefficient (Wildman–Crippen LogP) is 8.76. The van der Waals surface area contributed by atoms with Crippen molar-refractivity contribution in [1.29, 1.82) is 0 Å². The highest BCUT2D eigenvalue weighted by Gasteiger charge is 2.48. The van der Waals surface area contributed by atoms with Crippen LogP contribution in [0.5, 0.6) is 0 Å². The lowest BCUT2D eigenvalue weighted by atomic mass is 9.89. The number of rotatable bonds is 24. The van der Waals surface area contributed by atoms with Crippen LogP contribution in [0, 0.1) is 0 Å². The molecule has 6 aromatic carbocycles. The van der Waals surface area contributed by atoms with Crippen molar-refractivity contribution in [3.63, 3.8) is 0 Å². The first-order valence-electron chi connectivity index (χ1n) is 36.7. The lowest BCUT2D eigenvalue weighted by Crippen LogP contribution is -2.45. The summed E-state index contributed by atoms with van der Waals surface area (Å²) in [6.45, 7) is 0.852. The second kappa shape index (κ2) is 37.1. The predicted molar refractivity (Wildman–Crippen MR) is 410 cm³/mol. The van der Waals surface area contributed by atoms with E-state index in [1.807, 2.05) is 97.1 Å². The van der Waals surface area contributed by atoms with E-state index in [1.54, 1.807) is 28.8 Å². The van der Waals surface area contributed by atoms with E-state index < -0.39 is 92.3 Å². The normalized spacial score (nSPS) is 20.5. The fourth-order valence-electron chi connectivity index (χ4n) is 14.5. The van der Waals surface area contributed by atoms with Gasteiger partial charge in [0.25, 0.3) is 9.05 Å². The molecule has 9 N–H and O–H groups in total. The monoisotopic (exact) mass is 1650 g/mol. The Balaban J connectivity index is 0.000000178. The maximum Gasteiger partial charge on any atom is 0.471 e. The zero-order valence-electron chi connectivity index (χ0n) is 62.0. The van der Waals surface area contributed by atoms with Gasteiger partial charge in [0, 0.05) is 76.0 Å². The number of sulfonamides is 1. The summed E-state index contributed by atoms with van der Waals surface area (Å²) in [5.41, 5.74) is 13.5. The fourth-order valence-corrected chi connectivity index (χ4v) is 16.2. The molecule has 10 aromatic rings. The number of aromatic nitrogens is 8. The van der Waals surface area contributed by atoms with Gasteiger partial charge in [-0.15, -0.1) is 0 Å². The van der Waals surface area contributed by atoms with Crippen LogP contribution in [-0.2, 0) is 60.7 Å². The highest BCUT2D eigenvalue weighted by Crippen LogP contribution is 2.38. The number of nitrogens with two attached hydrogens (primary N) is 1. The number of hydrogen-bond donors (Lipinski definition) is 8. The van der Waals surface area contributed by atoms with Gasteiger partial charge in [-0.1, -0.05) is 146 Å². The van der Waals surface area contributed by atoms with Crippen LogP contribution in [0.4, 0.5) is 38.0 Å². The number of alkyl halides is 6. The minimum absolute atomic E-state index is 0.00985. The van der Waals surface area contributed by atoms with Crippen molar-refractivity contribution in [1.82, 2.24) is 53.6 Å². The molecule has 612 valence electrons. The molecule has 28 nitrogen and oxygen atoms in total.